The summed E-state index contributed by atoms with van der Waals surface area (Å²) in [6.45, 7) is 0.610. The minimum absolute atomic E-state index is 0. The Hall–Kier alpha value is 0.0600. The van der Waals surface area contributed by atoms with E-state index in [0.717, 1.165) is 5.75 Å². The van der Waals surface area contributed by atoms with Gasteiger partial charge < -0.3 is 20.1 Å². The van der Waals surface area contributed by atoms with Gasteiger partial charge in [-0.3, -0.25) is 0 Å². The van der Waals surface area contributed by atoms with Gasteiger partial charge in [0.2, 0.25) is 0 Å². The van der Waals surface area contributed by atoms with E-state index in [2.05, 4.69) is 0 Å². The van der Waals surface area contributed by atoms with Gasteiger partial charge in [0.1, 0.15) is 17.5 Å². The molecule has 0 bridgehead atoms. The fourth-order valence-corrected chi connectivity index (χ4v) is 1.49. The molecular weight excluding hydrogens is 213 g/mol. The molecule has 0 aromatic carbocycles. The first-order chi connectivity index (χ1) is 6.24. The summed E-state index contributed by atoms with van der Waals surface area (Å²) in [6, 6.07) is 3.03. The second-order valence-electron chi connectivity index (χ2n) is 2.39. The van der Waals surface area contributed by atoms with Crippen molar-refractivity contribution < 1.29 is 43.9 Å². The van der Waals surface area contributed by atoms with Crippen molar-refractivity contribution in [3.05, 3.63) is 23.7 Å². The third-order valence-corrected chi connectivity index (χ3v) is 2.38. The van der Waals surface area contributed by atoms with Crippen molar-refractivity contribution in [1.82, 2.24) is 0 Å². The molecule has 0 saturated carbocycles. The third kappa shape index (κ3) is 4.52. The second kappa shape index (κ2) is 7.36. The van der Waals surface area contributed by atoms with Gasteiger partial charge >= 0.3 is 29.6 Å². The minimum Gasteiger partial charge on any atom is -0.542 e. The molecule has 0 fully saturated rings. The number of carboxylic acids is 1. The summed E-state index contributed by atoms with van der Waals surface area (Å²) in [5.41, 5.74) is 5.29. The number of rotatable bonds is 5. The Morgan fingerprint density at radius 3 is 2.79 bits per heavy atom. The van der Waals surface area contributed by atoms with Gasteiger partial charge in [-0.15, -0.1) is 0 Å². The van der Waals surface area contributed by atoms with Crippen molar-refractivity contribution >= 4 is 17.7 Å². The van der Waals surface area contributed by atoms with Crippen LogP contribution in [-0.4, -0.2) is 18.3 Å². The van der Waals surface area contributed by atoms with E-state index in [-0.39, 0.29) is 35.3 Å². The van der Waals surface area contributed by atoms with Crippen LogP contribution in [0, 0.1) is 0 Å². The van der Waals surface area contributed by atoms with Crippen molar-refractivity contribution in [2.75, 3.05) is 12.3 Å². The monoisotopic (exact) mass is 223 g/mol. The van der Waals surface area contributed by atoms with E-state index in [0.29, 0.717) is 18.1 Å². The Kier molecular flexibility index (Phi) is 7.40. The molecule has 0 unspecified atom stereocenters. The average Bonchev–Trinajstić information content (AvgIpc) is 2.53. The van der Waals surface area contributed by atoms with E-state index in [4.69, 9.17) is 10.2 Å². The van der Waals surface area contributed by atoms with Gasteiger partial charge in [0.25, 0.3) is 0 Å². The number of carbonyl (C=O) groups is 1. The van der Waals surface area contributed by atoms with Crippen LogP contribution in [0.25, 0.3) is 0 Å². The quantitative estimate of drug-likeness (QED) is 0.421. The Labute approximate surface area is 109 Å². The molecule has 0 aliphatic carbocycles. The summed E-state index contributed by atoms with van der Waals surface area (Å²) in [4.78, 5) is 10.3. The standard InChI is InChI=1S/C8H11NO3S.Na/c9-3-4-13-5-6-1-2-7(12-6)8(10)11;/h1-2H,3-5,9H2,(H,10,11);/q;+1/p-1. The van der Waals surface area contributed by atoms with Crippen LogP contribution in [0.5, 0.6) is 0 Å². The van der Waals surface area contributed by atoms with E-state index in [9.17, 15) is 9.90 Å². The van der Waals surface area contributed by atoms with Crippen LogP contribution in [0.3, 0.4) is 0 Å². The maximum atomic E-state index is 10.3. The van der Waals surface area contributed by atoms with Gasteiger partial charge in [-0.25, -0.2) is 0 Å². The zero-order valence-corrected chi connectivity index (χ0v) is 10.8. The van der Waals surface area contributed by atoms with Crippen LogP contribution in [-0.2, 0) is 5.75 Å². The molecule has 0 aliphatic rings. The molecule has 0 aliphatic heterocycles. The number of carboxylic acid groups (broad SMARTS) is 1. The molecule has 0 atom stereocenters. The first kappa shape index (κ1) is 14.1. The summed E-state index contributed by atoms with van der Waals surface area (Å²) in [5.74, 6) is 0.710. The first-order valence-electron chi connectivity index (χ1n) is 3.82. The first-order valence-corrected chi connectivity index (χ1v) is 4.97. The van der Waals surface area contributed by atoms with Gasteiger partial charge in [0, 0.05) is 12.3 Å². The van der Waals surface area contributed by atoms with E-state index >= 15 is 0 Å². The van der Waals surface area contributed by atoms with E-state index in [1.54, 1.807) is 17.8 Å². The zero-order valence-electron chi connectivity index (χ0n) is 7.99. The average molecular weight is 223 g/mol. The maximum absolute atomic E-state index is 10.3. The summed E-state index contributed by atoms with van der Waals surface area (Å²) in [6.07, 6.45) is 0. The summed E-state index contributed by atoms with van der Waals surface area (Å²) in [5, 5.41) is 10.3. The van der Waals surface area contributed by atoms with E-state index < -0.39 is 5.97 Å². The molecule has 0 spiro atoms. The predicted octanol–water partition coefficient (Wildman–Crippen LogP) is -3.16. The Morgan fingerprint density at radius 1 is 1.57 bits per heavy atom. The summed E-state index contributed by atoms with van der Waals surface area (Å²) in [7, 11) is 0. The van der Waals surface area contributed by atoms with Crippen LogP contribution in [0.1, 0.15) is 16.3 Å². The van der Waals surface area contributed by atoms with Crippen LogP contribution < -0.4 is 40.4 Å². The Morgan fingerprint density at radius 2 is 2.29 bits per heavy atom. The van der Waals surface area contributed by atoms with Crippen molar-refractivity contribution in [2.24, 2.45) is 5.73 Å². The van der Waals surface area contributed by atoms with Crippen molar-refractivity contribution in [2.45, 2.75) is 5.75 Å². The molecule has 0 amide bonds. The summed E-state index contributed by atoms with van der Waals surface area (Å²) < 4.78 is 4.97. The third-order valence-electron chi connectivity index (χ3n) is 1.37. The molecule has 1 aromatic heterocycles. The molecule has 4 nitrogen and oxygen atoms in total. The predicted molar refractivity (Wildman–Crippen MR) is 48.3 cm³/mol. The molecule has 1 aromatic rings. The number of carbonyl (C=O) groups excluding carboxylic acids is 1. The largest absolute Gasteiger partial charge is 1.00 e. The topological polar surface area (TPSA) is 79.3 Å². The van der Waals surface area contributed by atoms with Gasteiger partial charge in [0.05, 0.1) is 5.75 Å². The summed E-state index contributed by atoms with van der Waals surface area (Å²) >= 11 is 1.60. The maximum Gasteiger partial charge on any atom is 1.00 e. The van der Waals surface area contributed by atoms with Crippen LogP contribution in [0.4, 0.5) is 0 Å². The molecule has 1 rings (SSSR count). The molecule has 0 saturated heterocycles. The van der Waals surface area contributed by atoms with Crippen LogP contribution >= 0.6 is 11.8 Å². The Balaban J connectivity index is 0.00000169. The zero-order chi connectivity index (χ0) is 9.68. The smallest absolute Gasteiger partial charge is 0.542 e. The second-order valence-corrected chi connectivity index (χ2v) is 3.50. The number of nitrogens with two attached hydrogens (primary N) is 1. The fourth-order valence-electron chi connectivity index (χ4n) is 0.821. The minimum atomic E-state index is -1.28. The molecule has 0 radical (unpaired) electrons. The SMILES string of the molecule is NCCSCc1ccc(C(=O)[O-])o1.[Na+]. The van der Waals surface area contributed by atoms with Crippen molar-refractivity contribution in [3.63, 3.8) is 0 Å². The van der Waals surface area contributed by atoms with Crippen molar-refractivity contribution in [1.29, 1.82) is 0 Å². The fraction of sp³-hybridized carbons (Fsp3) is 0.375. The van der Waals surface area contributed by atoms with Crippen LogP contribution in [0.2, 0.25) is 0 Å². The molecular formula is C8H10NNaO3S. The van der Waals surface area contributed by atoms with Gasteiger partial charge in [-0.05, 0) is 12.1 Å². The molecule has 6 heteroatoms. The van der Waals surface area contributed by atoms with E-state index in [1.807, 2.05) is 0 Å². The number of hydrogen-bond donors (Lipinski definition) is 1. The molecule has 14 heavy (non-hydrogen) atoms. The number of furan rings is 1. The van der Waals surface area contributed by atoms with Gasteiger partial charge in [-0.2, -0.15) is 11.8 Å². The van der Waals surface area contributed by atoms with Gasteiger partial charge in [-0.1, -0.05) is 0 Å². The number of hydrogen-bond acceptors (Lipinski definition) is 5. The molecule has 1 heterocycles. The molecule has 2 N–H and O–H groups in total. The van der Waals surface area contributed by atoms with Crippen LogP contribution in [0.15, 0.2) is 16.5 Å². The van der Waals surface area contributed by atoms with Gasteiger partial charge in [0.15, 0.2) is 0 Å². The normalized spacial score (nSPS) is 9.50. The van der Waals surface area contributed by atoms with E-state index in [1.165, 1.54) is 6.07 Å². The van der Waals surface area contributed by atoms with Crippen molar-refractivity contribution in [3.8, 4) is 0 Å². The number of thioether (sulfide) groups is 1. The number of aromatic carboxylic acids is 1. The Bertz CT molecular complexity index is 290. The molecule has 72 valence electrons.